The highest BCUT2D eigenvalue weighted by Crippen LogP contribution is 2.19. The standard InChI is InChI=1S/C15H25BrN2O/c1-3-18(10-4-12-19)11-9-15(17-2)13-5-7-14(16)8-6-13/h5-8,15,17,19H,3-4,9-12H2,1-2H3. The molecule has 19 heavy (non-hydrogen) atoms. The molecule has 1 rings (SSSR count). The van der Waals surface area contributed by atoms with Gasteiger partial charge in [-0.25, -0.2) is 0 Å². The number of aliphatic hydroxyl groups is 1. The first-order valence-electron chi connectivity index (χ1n) is 6.97. The summed E-state index contributed by atoms with van der Waals surface area (Å²) in [7, 11) is 2.01. The van der Waals surface area contributed by atoms with Gasteiger partial charge in [-0.2, -0.15) is 0 Å². The summed E-state index contributed by atoms with van der Waals surface area (Å²) < 4.78 is 1.12. The molecule has 0 aliphatic carbocycles. The van der Waals surface area contributed by atoms with Gasteiger partial charge in [0.2, 0.25) is 0 Å². The molecule has 1 atom stereocenters. The topological polar surface area (TPSA) is 35.5 Å². The lowest BCUT2D eigenvalue weighted by Crippen LogP contribution is -2.29. The number of hydrogen-bond acceptors (Lipinski definition) is 3. The van der Waals surface area contributed by atoms with Crippen molar-refractivity contribution in [2.45, 2.75) is 25.8 Å². The summed E-state index contributed by atoms with van der Waals surface area (Å²) in [5, 5.41) is 12.3. The summed E-state index contributed by atoms with van der Waals surface area (Å²) >= 11 is 3.47. The van der Waals surface area contributed by atoms with Crippen LogP contribution in [0.15, 0.2) is 28.7 Å². The Bertz CT molecular complexity index is 343. The van der Waals surface area contributed by atoms with Crippen molar-refractivity contribution in [3.63, 3.8) is 0 Å². The van der Waals surface area contributed by atoms with Gasteiger partial charge in [0, 0.05) is 23.7 Å². The van der Waals surface area contributed by atoms with E-state index in [4.69, 9.17) is 5.11 Å². The van der Waals surface area contributed by atoms with Crippen molar-refractivity contribution >= 4 is 15.9 Å². The van der Waals surface area contributed by atoms with Crippen molar-refractivity contribution in [2.75, 3.05) is 33.3 Å². The number of benzene rings is 1. The molecule has 0 bridgehead atoms. The lowest BCUT2D eigenvalue weighted by molar-refractivity contribution is 0.223. The lowest BCUT2D eigenvalue weighted by Gasteiger charge is -2.24. The largest absolute Gasteiger partial charge is 0.396 e. The molecule has 3 nitrogen and oxygen atoms in total. The number of halogens is 1. The van der Waals surface area contributed by atoms with Crippen LogP contribution >= 0.6 is 15.9 Å². The maximum absolute atomic E-state index is 8.89. The Balaban J connectivity index is 2.49. The fourth-order valence-corrected chi connectivity index (χ4v) is 2.47. The van der Waals surface area contributed by atoms with Gasteiger partial charge in [-0.1, -0.05) is 35.0 Å². The summed E-state index contributed by atoms with van der Waals surface area (Å²) in [6, 6.07) is 8.88. The predicted octanol–water partition coefficient (Wildman–Crippen LogP) is 2.80. The zero-order valence-corrected chi connectivity index (χ0v) is 13.5. The van der Waals surface area contributed by atoms with Crippen LogP contribution in [0.3, 0.4) is 0 Å². The average Bonchev–Trinajstić information content (AvgIpc) is 2.44. The molecule has 1 unspecified atom stereocenters. The van der Waals surface area contributed by atoms with Crippen LogP contribution < -0.4 is 5.32 Å². The van der Waals surface area contributed by atoms with E-state index in [1.54, 1.807) is 0 Å². The Labute approximate surface area is 125 Å². The third-order valence-electron chi connectivity index (χ3n) is 3.43. The van der Waals surface area contributed by atoms with Gasteiger partial charge in [-0.3, -0.25) is 0 Å². The fourth-order valence-electron chi connectivity index (χ4n) is 2.21. The van der Waals surface area contributed by atoms with Crippen LogP contribution in [0, 0.1) is 0 Å². The molecule has 4 heteroatoms. The fraction of sp³-hybridized carbons (Fsp3) is 0.600. The second-order valence-electron chi connectivity index (χ2n) is 4.69. The number of nitrogens with zero attached hydrogens (tertiary/aromatic N) is 1. The van der Waals surface area contributed by atoms with Crippen LogP contribution in [-0.4, -0.2) is 43.3 Å². The molecule has 1 aromatic carbocycles. The normalized spacial score (nSPS) is 12.9. The van der Waals surface area contributed by atoms with E-state index in [9.17, 15) is 0 Å². The van der Waals surface area contributed by atoms with Gasteiger partial charge in [-0.15, -0.1) is 0 Å². The third-order valence-corrected chi connectivity index (χ3v) is 3.96. The number of hydrogen-bond donors (Lipinski definition) is 2. The summed E-state index contributed by atoms with van der Waals surface area (Å²) in [5.41, 5.74) is 1.32. The summed E-state index contributed by atoms with van der Waals surface area (Å²) in [6.45, 7) is 5.52. The van der Waals surface area contributed by atoms with Gasteiger partial charge in [0.05, 0.1) is 0 Å². The van der Waals surface area contributed by atoms with E-state index in [2.05, 4.69) is 57.3 Å². The van der Waals surface area contributed by atoms with Gasteiger partial charge in [0.15, 0.2) is 0 Å². The van der Waals surface area contributed by atoms with E-state index in [1.165, 1.54) is 5.56 Å². The first-order chi connectivity index (χ1) is 9.21. The van der Waals surface area contributed by atoms with Crippen LogP contribution in [0.4, 0.5) is 0 Å². The van der Waals surface area contributed by atoms with Crippen molar-refractivity contribution in [3.05, 3.63) is 34.3 Å². The van der Waals surface area contributed by atoms with Gasteiger partial charge in [0.25, 0.3) is 0 Å². The molecule has 0 saturated heterocycles. The highest BCUT2D eigenvalue weighted by molar-refractivity contribution is 9.10. The van der Waals surface area contributed by atoms with Crippen LogP contribution in [0.2, 0.25) is 0 Å². The molecule has 0 spiro atoms. The SMILES string of the molecule is CCN(CCCO)CCC(NC)c1ccc(Br)cc1. The minimum Gasteiger partial charge on any atom is -0.396 e. The van der Waals surface area contributed by atoms with Crippen LogP contribution in [0.1, 0.15) is 31.4 Å². The minimum atomic E-state index is 0.276. The predicted molar refractivity (Wildman–Crippen MR) is 84.4 cm³/mol. The second kappa shape index (κ2) is 9.48. The third kappa shape index (κ3) is 6.04. The molecule has 0 aliphatic rings. The van der Waals surface area contributed by atoms with E-state index in [0.717, 1.165) is 36.9 Å². The van der Waals surface area contributed by atoms with Crippen molar-refractivity contribution in [2.24, 2.45) is 0 Å². The Morgan fingerprint density at radius 1 is 1.26 bits per heavy atom. The van der Waals surface area contributed by atoms with Crippen LogP contribution in [-0.2, 0) is 0 Å². The molecule has 0 heterocycles. The number of aliphatic hydroxyl groups excluding tert-OH is 1. The van der Waals surface area contributed by atoms with E-state index in [0.29, 0.717) is 6.04 Å². The maximum atomic E-state index is 8.89. The van der Waals surface area contributed by atoms with E-state index in [1.807, 2.05) is 7.05 Å². The van der Waals surface area contributed by atoms with Crippen molar-refractivity contribution in [1.82, 2.24) is 10.2 Å². The smallest absolute Gasteiger partial charge is 0.0443 e. The molecule has 108 valence electrons. The minimum absolute atomic E-state index is 0.276. The molecule has 2 N–H and O–H groups in total. The van der Waals surface area contributed by atoms with Gasteiger partial charge < -0.3 is 15.3 Å². The van der Waals surface area contributed by atoms with Gasteiger partial charge >= 0.3 is 0 Å². The van der Waals surface area contributed by atoms with Crippen molar-refractivity contribution in [3.8, 4) is 0 Å². The Morgan fingerprint density at radius 3 is 2.47 bits per heavy atom. The maximum Gasteiger partial charge on any atom is 0.0443 e. The Morgan fingerprint density at radius 2 is 1.95 bits per heavy atom. The summed E-state index contributed by atoms with van der Waals surface area (Å²) in [5.74, 6) is 0. The highest BCUT2D eigenvalue weighted by atomic mass is 79.9. The first kappa shape index (κ1) is 16.6. The molecule has 0 fully saturated rings. The van der Waals surface area contributed by atoms with E-state index in [-0.39, 0.29) is 6.61 Å². The molecular weight excluding hydrogens is 304 g/mol. The Kier molecular flexibility index (Phi) is 8.30. The van der Waals surface area contributed by atoms with E-state index >= 15 is 0 Å². The van der Waals surface area contributed by atoms with Gasteiger partial charge in [-0.05, 0) is 50.7 Å². The van der Waals surface area contributed by atoms with Crippen molar-refractivity contribution in [1.29, 1.82) is 0 Å². The van der Waals surface area contributed by atoms with Crippen LogP contribution in [0.25, 0.3) is 0 Å². The molecule has 0 amide bonds. The molecule has 0 saturated carbocycles. The van der Waals surface area contributed by atoms with Crippen LogP contribution in [0.5, 0.6) is 0 Å². The second-order valence-corrected chi connectivity index (χ2v) is 5.61. The number of nitrogens with one attached hydrogen (secondary N) is 1. The van der Waals surface area contributed by atoms with E-state index < -0.39 is 0 Å². The molecule has 0 radical (unpaired) electrons. The summed E-state index contributed by atoms with van der Waals surface area (Å²) in [6.07, 6.45) is 1.94. The van der Waals surface area contributed by atoms with Crippen molar-refractivity contribution < 1.29 is 5.11 Å². The molecule has 0 aliphatic heterocycles. The average molecular weight is 329 g/mol. The van der Waals surface area contributed by atoms with Gasteiger partial charge in [0.1, 0.15) is 0 Å². The zero-order valence-electron chi connectivity index (χ0n) is 11.9. The monoisotopic (exact) mass is 328 g/mol. The molecular formula is C15H25BrN2O. The zero-order chi connectivity index (χ0) is 14.1. The molecule has 1 aromatic rings. The first-order valence-corrected chi connectivity index (χ1v) is 7.76. The lowest BCUT2D eigenvalue weighted by atomic mass is 10.0. The quantitative estimate of drug-likeness (QED) is 0.731. The highest BCUT2D eigenvalue weighted by Gasteiger charge is 2.11. The number of rotatable bonds is 9. The Hall–Kier alpha value is -0.420. The summed E-state index contributed by atoms with van der Waals surface area (Å²) in [4.78, 5) is 2.39. The molecule has 0 aromatic heterocycles.